The van der Waals surface area contributed by atoms with Crippen LogP contribution in [0.3, 0.4) is 0 Å². The molecule has 15 heavy (non-hydrogen) atoms. The van der Waals surface area contributed by atoms with E-state index in [1.54, 1.807) is 0 Å². The zero-order chi connectivity index (χ0) is 11.4. The van der Waals surface area contributed by atoms with Crippen LogP contribution in [0.25, 0.3) is 0 Å². The summed E-state index contributed by atoms with van der Waals surface area (Å²) in [4.78, 5) is 13.9. The van der Waals surface area contributed by atoms with Crippen LogP contribution in [0.5, 0.6) is 0 Å². The van der Waals surface area contributed by atoms with Gasteiger partial charge in [0.2, 0.25) is 5.91 Å². The van der Waals surface area contributed by atoms with Gasteiger partial charge in [-0.15, -0.1) is 0 Å². The average molecular weight is 230 g/mol. The van der Waals surface area contributed by atoms with Crippen molar-refractivity contribution in [3.8, 4) is 0 Å². The van der Waals surface area contributed by atoms with Gasteiger partial charge in [-0.1, -0.05) is 27.2 Å². The van der Waals surface area contributed by atoms with E-state index < -0.39 is 0 Å². The Balaban J connectivity index is 2.51. The molecule has 1 heterocycles. The Hall–Kier alpha value is -0.220. The Morgan fingerprint density at radius 3 is 2.47 bits per heavy atom. The molecule has 1 aliphatic rings. The first kappa shape index (κ1) is 12.8. The minimum Gasteiger partial charge on any atom is -0.339 e. The summed E-state index contributed by atoms with van der Waals surface area (Å²) in [7, 11) is 0. The molecule has 3 atom stereocenters. The van der Waals surface area contributed by atoms with Gasteiger partial charge >= 0.3 is 0 Å². The molecule has 1 rings (SSSR count). The first-order valence-electron chi connectivity index (χ1n) is 5.74. The average Bonchev–Trinajstić information content (AvgIpc) is 2.15. The van der Waals surface area contributed by atoms with Gasteiger partial charge in [-0.2, -0.15) is 11.8 Å². The van der Waals surface area contributed by atoms with E-state index in [0.29, 0.717) is 10.5 Å². The summed E-state index contributed by atoms with van der Waals surface area (Å²) < 4.78 is 0. The molecule has 0 radical (unpaired) electrons. The first-order chi connectivity index (χ1) is 7.04. The Morgan fingerprint density at radius 1 is 1.47 bits per heavy atom. The molecule has 0 aromatic carbocycles. The molecule has 88 valence electrons. The highest BCUT2D eigenvalue weighted by Gasteiger charge is 2.28. The number of rotatable bonds is 3. The topological polar surface area (TPSA) is 46.3 Å². The summed E-state index contributed by atoms with van der Waals surface area (Å²) in [6.07, 6.45) is 1.77. The van der Waals surface area contributed by atoms with Crippen LogP contribution in [0.2, 0.25) is 0 Å². The van der Waals surface area contributed by atoms with Crippen molar-refractivity contribution in [2.24, 2.45) is 5.73 Å². The third-order valence-corrected chi connectivity index (χ3v) is 3.88. The van der Waals surface area contributed by atoms with Crippen molar-refractivity contribution in [3.05, 3.63) is 0 Å². The van der Waals surface area contributed by atoms with Crippen molar-refractivity contribution in [2.45, 2.75) is 50.2 Å². The van der Waals surface area contributed by atoms with Gasteiger partial charge in [-0.05, 0) is 6.42 Å². The van der Waals surface area contributed by atoms with Crippen LogP contribution in [-0.4, -0.2) is 40.4 Å². The van der Waals surface area contributed by atoms with Gasteiger partial charge in [0.05, 0.1) is 6.04 Å². The van der Waals surface area contributed by atoms with Crippen LogP contribution < -0.4 is 5.73 Å². The van der Waals surface area contributed by atoms with Crippen molar-refractivity contribution in [3.63, 3.8) is 0 Å². The van der Waals surface area contributed by atoms with Crippen molar-refractivity contribution in [1.82, 2.24) is 4.90 Å². The summed E-state index contributed by atoms with van der Waals surface area (Å²) in [6, 6.07) is -0.294. The third-order valence-electron chi connectivity index (χ3n) is 2.65. The van der Waals surface area contributed by atoms with E-state index in [-0.39, 0.29) is 11.9 Å². The number of carbonyl (C=O) groups is 1. The number of amides is 1. The second kappa shape index (κ2) is 5.75. The van der Waals surface area contributed by atoms with E-state index in [9.17, 15) is 4.79 Å². The third kappa shape index (κ3) is 3.68. The molecule has 1 fully saturated rings. The normalized spacial score (nSPS) is 28.9. The predicted octanol–water partition coefficient (Wildman–Crippen LogP) is 1.47. The molecular weight excluding hydrogens is 208 g/mol. The lowest BCUT2D eigenvalue weighted by atomic mass is 10.1. The molecule has 2 N–H and O–H groups in total. The van der Waals surface area contributed by atoms with Crippen LogP contribution >= 0.6 is 11.8 Å². The van der Waals surface area contributed by atoms with Crippen LogP contribution in [0.4, 0.5) is 0 Å². The molecule has 0 spiro atoms. The quantitative estimate of drug-likeness (QED) is 0.798. The van der Waals surface area contributed by atoms with Gasteiger partial charge in [0, 0.05) is 23.6 Å². The van der Waals surface area contributed by atoms with E-state index in [1.807, 2.05) is 16.7 Å². The van der Waals surface area contributed by atoms with E-state index in [1.165, 1.54) is 0 Å². The minimum absolute atomic E-state index is 0.135. The summed E-state index contributed by atoms with van der Waals surface area (Å²) >= 11 is 1.95. The smallest absolute Gasteiger partial charge is 0.239 e. The zero-order valence-electron chi connectivity index (χ0n) is 9.90. The minimum atomic E-state index is -0.294. The van der Waals surface area contributed by atoms with E-state index in [4.69, 9.17) is 5.73 Å². The summed E-state index contributed by atoms with van der Waals surface area (Å²) in [5, 5.41) is 1.07. The van der Waals surface area contributed by atoms with Gasteiger partial charge in [0.25, 0.3) is 0 Å². The number of hydrogen-bond acceptors (Lipinski definition) is 3. The fourth-order valence-electron chi connectivity index (χ4n) is 2.03. The van der Waals surface area contributed by atoms with Gasteiger partial charge in [-0.25, -0.2) is 0 Å². The lowest BCUT2D eigenvalue weighted by Crippen LogP contribution is -2.50. The lowest BCUT2D eigenvalue weighted by molar-refractivity contribution is -0.132. The zero-order valence-corrected chi connectivity index (χ0v) is 10.7. The van der Waals surface area contributed by atoms with Crippen molar-refractivity contribution < 1.29 is 4.79 Å². The molecule has 2 unspecified atom stereocenters. The first-order valence-corrected chi connectivity index (χ1v) is 6.68. The summed E-state index contributed by atoms with van der Waals surface area (Å²) in [5.41, 5.74) is 5.85. The lowest BCUT2D eigenvalue weighted by Gasteiger charge is -2.35. The van der Waals surface area contributed by atoms with Gasteiger partial charge in [0.1, 0.15) is 0 Å². The molecule has 4 heteroatoms. The molecular formula is C11H22N2OS. The van der Waals surface area contributed by atoms with E-state index in [2.05, 4.69) is 20.8 Å². The van der Waals surface area contributed by atoms with Gasteiger partial charge < -0.3 is 10.6 Å². The Morgan fingerprint density at radius 2 is 2.00 bits per heavy atom. The van der Waals surface area contributed by atoms with E-state index >= 15 is 0 Å². The molecule has 3 nitrogen and oxygen atoms in total. The molecule has 0 saturated carbocycles. The van der Waals surface area contributed by atoms with Crippen molar-refractivity contribution >= 4 is 17.7 Å². The SMILES string of the molecule is CCC[C@H](N)C(=O)N1CC(C)SC(C)C1. The van der Waals surface area contributed by atoms with Crippen LogP contribution in [0.15, 0.2) is 0 Å². The monoisotopic (exact) mass is 230 g/mol. The summed E-state index contributed by atoms with van der Waals surface area (Å²) in [5.74, 6) is 0.135. The highest BCUT2D eigenvalue weighted by atomic mass is 32.2. The standard InChI is InChI=1S/C11H22N2OS/c1-4-5-10(12)11(14)13-6-8(2)15-9(3)7-13/h8-10H,4-7,12H2,1-3H3/t8?,9?,10-/m0/s1. The maximum absolute atomic E-state index is 12.0. The number of nitrogens with zero attached hydrogens (tertiary/aromatic N) is 1. The fraction of sp³-hybridized carbons (Fsp3) is 0.909. The summed E-state index contributed by atoms with van der Waals surface area (Å²) in [6.45, 7) is 8.11. The van der Waals surface area contributed by atoms with Crippen LogP contribution in [0.1, 0.15) is 33.6 Å². The Bertz CT molecular complexity index is 213. The van der Waals surface area contributed by atoms with Crippen molar-refractivity contribution in [2.75, 3.05) is 13.1 Å². The molecule has 1 saturated heterocycles. The second-order valence-electron chi connectivity index (χ2n) is 4.40. The largest absolute Gasteiger partial charge is 0.339 e. The maximum Gasteiger partial charge on any atom is 0.239 e. The highest BCUT2D eigenvalue weighted by molar-refractivity contribution is 8.00. The fourth-order valence-corrected chi connectivity index (χ4v) is 3.35. The van der Waals surface area contributed by atoms with E-state index in [0.717, 1.165) is 25.9 Å². The molecule has 0 aromatic rings. The second-order valence-corrected chi connectivity index (χ2v) is 6.28. The molecule has 0 aromatic heterocycles. The van der Waals surface area contributed by atoms with Crippen LogP contribution in [-0.2, 0) is 4.79 Å². The molecule has 1 aliphatic heterocycles. The predicted molar refractivity (Wildman–Crippen MR) is 66.0 cm³/mol. The Kier molecular flexibility index (Phi) is 4.93. The molecule has 0 aliphatic carbocycles. The number of carbonyl (C=O) groups excluding carboxylic acids is 1. The molecule has 1 amide bonds. The number of nitrogens with two attached hydrogens (primary N) is 1. The van der Waals surface area contributed by atoms with Gasteiger partial charge in [0.15, 0.2) is 0 Å². The number of thioether (sulfide) groups is 1. The van der Waals surface area contributed by atoms with Crippen LogP contribution in [0, 0.1) is 0 Å². The molecule has 0 bridgehead atoms. The number of hydrogen-bond donors (Lipinski definition) is 1. The van der Waals surface area contributed by atoms with Crippen molar-refractivity contribution in [1.29, 1.82) is 0 Å². The Labute approximate surface area is 96.8 Å². The highest BCUT2D eigenvalue weighted by Crippen LogP contribution is 2.25. The maximum atomic E-state index is 12.0. The van der Waals surface area contributed by atoms with Gasteiger partial charge in [-0.3, -0.25) is 4.79 Å².